The van der Waals surface area contributed by atoms with Gasteiger partial charge in [0.2, 0.25) is 11.8 Å². The lowest BCUT2D eigenvalue weighted by molar-refractivity contribution is -0.129. The Labute approximate surface area is 354 Å². The van der Waals surface area contributed by atoms with Gasteiger partial charge in [-0.2, -0.15) is 0 Å². The molecule has 14 nitrogen and oxygen atoms in total. The van der Waals surface area contributed by atoms with E-state index in [9.17, 15) is 29.4 Å². The van der Waals surface area contributed by atoms with Crippen molar-refractivity contribution in [2.75, 3.05) is 27.2 Å². The van der Waals surface area contributed by atoms with Crippen LogP contribution in [0.25, 0.3) is 0 Å². The molecule has 2 heterocycles. The topological polar surface area (TPSA) is 189 Å². The molecule has 4 aromatic rings. The summed E-state index contributed by atoms with van der Waals surface area (Å²) >= 11 is 0. The van der Waals surface area contributed by atoms with Crippen LogP contribution >= 0.6 is 0 Å². The summed E-state index contributed by atoms with van der Waals surface area (Å²) in [7, 11) is 3.29. The van der Waals surface area contributed by atoms with Gasteiger partial charge in [-0.05, 0) is 60.1 Å². The SMILES string of the molecule is CC(C)[C@H](NC(=O)N(C)CCc1ccccn1)C(=O)N[C@@H](Cc1ccccc1)[C@H](O)[C@@H](O)[C@H](Cc1ccccc1)NC(=O)[C@@H](NC(=O)N(C)CCc1ccccn1)C(C)C. The van der Waals surface area contributed by atoms with Gasteiger partial charge in [0.15, 0.2) is 0 Å². The van der Waals surface area contributed by atoms with Crippen LogP contribution in [0.3, 0.4) is 0 Å². The van der Waals surface area contributed by atoms with Gasteiger partial charge >= 0.3 is 12.1 Å². The fraction of sp³-hybridized carbons (Fsp3) is 0.435. The molecule has 0 fully saturated rings. The Balaban J connectivity index is 1.52. The number of carbonyl (C=O) groups excluding carboxylic acids is 4. The highest BCUT2D eigenvalue weighted by Crippen LogP contribution is 2.17. The van der Waals surface area contributed by atoms with Crippen molar-refractivity contribution in [3.63, 3.8) is 0 Å². The quantitative estimate of drug-likeness (QED) is 0.0733. The molecular formula is C46H62N8O6. The predicted octanol–water partition coefficient (Wildman–Crippen LogP) is 3.77. The van der Waals surface area contributed by atoms with Gasteiger partial charge in [-0.25, -0.2) is 9.59 Å². The van der Waals surface area contributed by atoms with E-state index in [0.717, 1.165) is 22.5 Å². The molecule has 0 unspecified atom stereocenters. The normalized spacial score (nSPS) is 14.2. The first kappa shape index (κ1) is 46.8. The highest BCUT2D eigenvalue weighted by atomic mass is 16.3. The monoisotopic (exact) mass is 822 g/mol. The van der Waals surface area contributed by atoms with Crippen molar-refractivity contribution >= 4 is 23.9 Å². The molecular weight excluding hydrogens is 761 g/mol. The Kier molecular flexibility index (Phi) is 18.5. The minimum atomic E-state index is -1.59. The molecule has 14 heteroatoms. The smallest absolute Gasteiger partial charge is 0.317 e. The molecule has 0 saturated carbocycles. The molecule has 0 aliphatic rings. The maximum absolute atomic E-state index is 14.1. The first-order valence-corrected chi connectivity index (χ1v) is 20.6. The van der Waals surface area contributed by atoms with Crippen LogP contribution in [0.2, 0.25) is 0 Å². The van der Waals surface area contributed by atoms with Crippen LogP contribution in [-0.2, 0) is 35.3 Å². The highest BCUT2D eigenvalue weighted by Gasteiger charge is 2.38. The van der Waals surface area contributed by atoms with E-state index in [1.165, 1.54) is 9.80 Å². The third-order valence-electron chi connectivity index (χ3n) is 10.4. The summed E-state index contributed by atoms with van der Waals surface area (Å²) in [5.74, 6) is -1.75. The Morgan fingerprint density at radius 2 is 0.883 bits per heavy atom. The van der Waals surface area contributed by atoms with Crippen LogP contribution in [0.15, 0.2) is 109 Å². The lowest BCUT2D eigenvalue weighted by Crippen LogP contribution is -2.62. The average molecular weight is 823 g/mol. The van der Waals surface area contributed by atoms with E-state index in [0.29, 0.717) is 25.9 Å². The van der Waals surface area contributed by atoms with Crippen molar-refractivity contribution in [2.45, 2.75) is 89.8 Å². The summed E-state index contributed by atoms with van der Waals surface area (Å²) < 4.78 is 0. The number of hydrogen-bond donors (Lipinski definition) is 6. The molecule has 4 rings (SSSR count). The van der Waals surface area contributed by atoms with E-state index in [4.69, 9.17) is 0 Å². The van der Waals surface area contributed by atoms with Gasteiger partial charge in [0.05, 0.1) is 12.1 Å². The average Bonchev–Trinajstić information content (AvgIpc) is 3.25. The fourth-order valence-corrected chi connectivity index (χ4v) is 6.69. The first-order chi connectivity index (χ1) is 28.7. The van der Waals surface area contributed by atoms with Crippen LogP contribution in [0, 0.1) is 11.8 Å². The third-order valence-corrected chi connectivity index (χ3v) is 10.4. The molecule has 6 amide bonds. The standard InChI is InChI=1S/C46H62N8O6/c1-31(2)39(51-45(59)53(5)27-23-35-21-13-15-25-47-35)43(57)49-37(29-33-17-9-7-10-18-33)41(55)42(56)38(30-34-19-11-8-12-20-34)50-44(58)40(32(3)4)52-46(60)54(6)28-24-36-22-14-16-26-48-36/h7-22,25-26,31-32,37-42,55-56H,23-24,27-30H2,1-6H3,(H,49,57)(H,50,58)(H,51,59)(H,52,60)/t37-,38-,39-,40-,41-,42-/m0/s1. The zero-order chi connectivity index (χ0) is 43.6. The zero-order valence-corrected chi connectivity index (χ0v) is 35.6. The maximum atomic E-state index is 14.1. The summed E-state index contributed by atoms with van der Waals surface area (Å²) in [5, 5.41) is 35.6. The summed E-state index contributed by atoms with van der Waals surface area (Å²) in [4.78, 5) is 66.4. The minimum absolute atomic E-state index is 0.134. The van der Waals surface area contributed by atoms with Crippen molar-refractivity contribution in [1.82, 2.24) is 41.0 Å². The summed E-state index contributed by atoms with van der Waals surface area (Å²) in [6.07, 6.45) is 1.54. The summed E-state index contributed by atoms with van der Waals surface area (Å²) in [6.45, 7) is 7.98. The zero-order valence-electron chi connectivity index (χ0n) is 35.6. The van der Waals surface area contributed by atoms with Gasteiger partial charge in [0, 0.05) is 63.8 Å². The second kappa shape index (κ2) is 23.7. The number of rotatable bonds is 21. The molecule has 0 spiro atoms. The molecule has 0 aliphatic heterocycles. The van der Waals surface area contributed by atoms with Crippen molar-refractivity contribution in [2.24, 2.45) is 11.8 Å². The van der Waals surface area contributed by atoms with Gasteiger partial charge < -0.3 is 41.3 Å². The van der Waals surface area contributed by atoms with E-state index in [1.54, 1.807) is 26.5 Å². The summed E-state index contributed by atoms with van der Waals surface area (Å²) in [6, 6.07) is 24.7. The van der Waals surface area contributed by atoms with Gasteiger partial charge in [-0.1, -0.05) is 100 Å². The number of pyridine rings is 2. The van der Waals surface area contributed by atoms with Crippen molar-refractivity contribution < 1.29 is 29.4 Å². The van der Waals surface area contributed by atoms with E-state index in [-0.39, 0.29) is 24.7 Å². The van der Waals surface area contributed by atoms with Crippen molar-refractivity contribution in [1.29, 1.82) is 0 Å². The van der Waals surface area contributed by atoms with E-state index < -0.39 is 60.3 Å². The molecule has 6 atom stereocenters. The number of urea groups is 2. The van der Waals surface area contributed by atoms with Crippen LogP contribution < -0.4 is 21.3 Å². The Hall–Kier alpha value is -5.86. The largest absolute Gasteiger partial charge is 0.388 e. The first-order valence-electron chi connectivity index (χ1n) is 20.6. The van der Waals surface area contributed by atoms with Crippen molar-refractivity contribution in [3.8, 4) is 0 Å². The number of benzene rings is 2. The van der Waals surface area contributed by atoms with E-state index in [2.05, 4.69) is 31.2 Å². The number of nitrogens with zero attached hydrogens (tertiary/aromatic N) is 4. The molecule has 0 saturated heterocycles. The number of hydrogen-bond acceptors (Lipinski definition) is 8. The Bertz CT molecular complexity index is 1770. The molecule has 0 bridgehead atoms. The number of amides is 6. The van der Waals surface area contributed by atoms with E-state index in [1.807, 2.05) is 125 Å². The number of nitrogens with one attached hydrogen (secondary N) is 4. The number of aliphatic hydroxyl groups is 2. The summed E-state index contributed by atoms with van der Waals surface area (Å²) in [5.41, 5.74) is 3.23. The maximum Gasteiger partial charge on any atom is 0.317 e. The number of likely N-dealkylation sites (N-methyl/N-ethyl adjacent to an activating group) is 2. The van der Waals surface area contributed by atoms with Crippen LogP contribution in [0.5, 0.6) is 0 Å². The third kappa shape index (κ3) is 14.8. The molecule has 60 heavy (non-hydrogen) atoms. The van der Waals surface area contributed by atoms with Crippen LogP contribution in [-0.4, -0.2) is 117 Å². The molecule has 322 valence electrons. The van der Waals surface area contributed by atoms with Gasteiger partial charge in [0.1, 0.15) is 24.3 Å². The molecule has 2 aromatic carbocycles. The fourth-order valence-electron chi connectivity index (χ4n) is 6.69. The van der Waals surface area contributed by atoms with Crippen molar-refractivity contribution in [3.05, 3.63) is 132 Å². The predicted molar refractivity (Wildman–Crippen MR) is 232 cm³/mol. The highest BCUT2D eigenvalue weighted by molar-refractivity contribution is 5.88. The van der Waals surface area contributed by atoms with E-state index >= 15 is 0 Å². The molecule has 2 aromatic heterocycles. The van der Waals surface area contributed by atoms with Gasteiger partial charge in [-0.15, -0.1) is 0 Å². The lowest BCUT2D eigenvalue weighted by Gasteiger charge is -2.35. The van der Waals surface area contributed by atoms with Gasteiger partial charge in [-0.3, -0.25) is 19.6 Å². The lowest BCUT2D eigenvalue weighted by atomic mass is 9.90. The Morgan fingerprint density at radius 3 is 1.20 bits per heavy atom. The van der Waals surface area contributed by atoms with Gasteiger partial charge in [0.25, 0.3) is 0 Å². The number of aliphatic hydroxyl groups excluding tert-OH is 2. The molecule has 0 radical (unpaired) electrons. The van der Waals surface area contributed by atoms with Crippen LogP contribution in [0.1, 0.15) is 50.2 Å². The number of aromatic nitrogens is 2. The number of carbonyl (C=O) groups is 4. The minimum Gasteiger partial charge on any atom is -0.388 e. The Morgan fingerprint density at radius 1 is 0.533 bits per heavy atom. The van der Waals surface area contributed by atoms with Crippen LogP contribution in [0.4, 0.5) is 9.59 Å². The second-order valence-corrected chi connectivity index (χ2v) is 15.9. The second-order valence-electron chi connectivity index (χ2n) is 15.9. The molecule has 0 aliphatic carbocycles. The molecule has 6 N–H and O–H groups in total.